The molecule has 0 unspecified atom stereocenters. The van der Waals surface area contributed by atoms with Gasteiger partial charge in [0.05, 0.1) is 33.2 Å². The van der Waals surface area contributed by atoms with Crippen LogP contribution >= 0.6 is 0 Å². The van der Waals surface area contributed by atoms with Crippen molar-refractivity contribution in [1.82, 2.24) is 5.32 Å². The van der Waals surface area contributed by atoms with Crippen LogP contribution in [0.3, 0.4) is 0 Å². The molecule has 0 bridgehead atoms. The van der Waals surface area contributed by atoms with E-state index in [0.717, 1.165) is 5.56 Å². The summed E-state index contributed by atoms with van der Waals surface area (Å²) in [6, 6.07) is 7.52. The predicted octanol–water partition coefficient (Wildman–Crippen LogP) is 0.451. The molecule has 2 rings (SSSR count). The molecule has 124 valence electrons. The van der Waals surface area contributed by atoms with Gasteiger partial charge < -0.3 is 14.2 Å². The van der Waals surface area contributed by atoms with E-state index >= 15 is 0 Å². The van der Waals surface area contributed by atoms with E-state index in [1.807, 2.05) is 30.3 Å². The predicted molar refractivity (Wildman–Crippen MR) is 79.1 cm³/mol. The minimum absolute atomic E-state index is 0.558. The highest BCUT2D eigenvalue weighted by Gasteiger charge is 2.55. The van der Waals surface area contributed by atoms with Crippen LogP contribution in [0.15, 0.2) is 30.3 Å². The second kappa shape index (κ2) is 7.23. The first kappa shape index (κ1) is 17.0. The van der Waals surface area contributed by atoms with Gasteiger partial charge in [0.25, 0.3) is 0 Å². The van der Waals surface area contributed by atoms with E-state index in [1.165, 1.54) is 21.3 Å². The number of carbonyl (C=O) groups excluding carboxylic acids is 3. The zero-order valence-electron chi connectivity index (χ0n) is 13.1. The Morgan fingerprint density at radius 3 is 1.87 bits per heavy atom. The quantitative estimate of drug-likeness (QED) is 0.636. The van der Waals surface area contributed by atoms with E-state index in [0.29, 0.717) is 0 Å². The van der Waals surface area contributed by atoms with Gasteiger partial charge in [-0.15, -0.1) is 0 Å². The normalized spacial score (nSPS) is 26.4. The number of ether oxygens (including phenoxy) is 3. The van der Waals surface area contributed by atoms with Crippen LogP contribution in [0.4, 0.5) is 0 Å². The highest BCUT2D eigenvalue weighted by atomic mass is 16.5. The van der Waals surface area contributed by atoms with Crippen molar-refractivity contribution in [2.45, 2.75) is 12.1 Å². The number of benzene rings is 1. The minimum atomic E-state index is -1.02. The maximum atomic E-state index is 12.3. The van der Waals surface area contributed by atoms with Gasteiger partial charge >= 0.3 is 17.9 Å². The van der Waals surface area contributed by atoms with Crippen LogP contribution in [-0.4, -0.2) is 45.3 Å². The van der Waals surface area contributed by atoms with Crippen molar-refractivity contribution in [1.29, 1.82) is 0 Å². The summed E-state index contributed by atoms with van der Waals surface area (Å²) in [6.07, 6.45) is 0. The van der Waals surface area contributed by atoms with E-state index < -0.39 is 41.8 Å². The number of esters is 3. The molecule has 0 aromatic heterocycles. The van der Waals surface area contributed by atoms with Crippen LogP contribution in [0.25, 0.3) is 0 Å². The molecule has 1 fully saturated rings. The topological polar surface area (TPSA) is 90.9 Å². The Hall–Kier alpha value is -2.41. The second-order valence-corrected chi connectivity index (χ2v) is 5.15. The third-order valence-electron chi connectivity index (χ3n) is 4.02. The Morgan fingerprint density at radius 1 is 0.826 bits per heavy atom. The standard InChI is InChI=1S/C16H19NO6/c1-21-14(18)10-11(15(19)22-2)13(16(20)23-3)17-12(10)9-7-5-4-6-8-9/h4-8,10-13,17H,1-3H3/t10-,11+,12-,13-/m0/s1. The lowest BCUT2D eigenvalue weighted by molar-refractivity contribution is -0.159. The van der Waals surface area contributed by atoms with E-state index in [2.05, 4.69) is 5.32 Å². The number of hydrogen-bond acceptors (Lipinski definition) is 7. The van der Waals surface area contributed by atoms with Crippen molar-refractivity contribution < 1.29 is 28.6 Å². The summed E-state index contributed by atoms with van der Waals surface area (Å²) in [4.78, 5) is 36.5. The van der Waals surface area contributed by atoms with Gasteiger partial charge in [-0.1, -0.05) is 30.3 Å². The summed E-state index contributed by atoms with van der Waals surface area (Å²) in [5, 5.41) is 3.01. The van der Waals surface area contributed by atoms with Gasteiger partial charge in [0, 0.05) is 6.04 Å². The molecule has 0 radical (unpaired) electrons. The minimum Gasteiger partial charge on any atom is -0.469 e. The average Bonchev–Trinajstić information content (AvgIpc) is 3.00. The third kappa shape index (κ3) is 3.19. The molecule has 1 aliphatic rings. The summed E-state index contributed by atoms with van der Waals surface area (Å²) in [5.74, 6) is -3.80. The van der Waals surface area contributed by atoms with Gasteiger partial charge in [0.15, 0.2) is 0 Å². The first-order chi connectivity index (χ1) is 11.0. The maximum absolute atomic E-state index is 12.3. The van der Waals surface area contributed by atoms with Crippen LogP contribution in [0.1, 0.15) is 11.6 Å². The number of rotatable bonds is 4. The molecule has 1 saturated heterocycles. The number of hydrogen-bond donors (Lipinski definition) is 1. The molecule has 7 nitrogen and oxygen atoms in total. The Morgan fingerprint density at radius 2 is 1.35 bits per heavy atom. The molecule has 1 aromatic carbocycles. The summed E-state index contributed by atoms with van der Waals surface area (Å²) >= 11 is 0. The van der Waals surface area contributed by atoms with Crippen molar-refractivity contribution in [3.8, 4) is 0 Å². The Bertz CT molecular complexity index is 587. The van der Waals surface area contributed by atoms with Crippen molar-refractivity contribution in [3.63, 3.8) is 0 Å². The third-order valence-corrected chi connectivity index (χ3v) is 4.02. The van der Waals surface area contributed by atoms with Gasteiger partial charge in [0.1, 0.15) is 6.04 Å². The molecular weight excluding hydrogens is 302 g/mol. The maximum Gasteiger partial charge on any atom is 0.323 e. The van der Waals surface area contributed by atoms with Crippen molar-refractivity contribution in [2.24, 2.45) is 11.8 Å². The fourth-order valence-corrected chi connectivity index (χ4v) is 2.96. The highest BCUT2D eigenvalue weighted by molar-refractivity contribution is 5.91. The Balaban J connectivity index is 2.47. The Kier molecular flexibility index (Phi) is 5.33. The fraction of sp³-hybridized carbons (Fsp3) is 0.438. The molecule has 4 atom stereocenters. The molecule has 0 amide bonds. The molecule has 0 aliphatic carbocycles. The fourth-order valence-electron chi connectivity index (χ4n) is 2.96. The summed E-state index contributed by atoms with van der Waals surface area (Å²) < 4.78 is 14.4. The van der Waals surface area contributed by atoms with Gasteiger partial charge in [0.2, 0.25) is 0 Å². The van der Waals surface area contributed by atoms with Crippen LogP contribution in [-0.2, 0) is 28.6 Å². The van der Waals surface area contributed by atoms with Crippen LogP contribution < -0.4 is 5.32 Å². The van der Waals surface area contributed by atoms with Gasteiger partial charge in [-0.25, -0.2) is 0 Å². The summed E-state index contributed by atoms with van der Waals surface area (Å²) in [6.45, 7) is 0. The number of methoxy groups -OCH3 is 3. The molecule has 1 heterocycles. The molecule has 23 heavy (non-hydrogen) atoms. The second-order valence-electron chi connectivity index (χ2n) is 5.15. The van der Waals surface area contributed by atoms with Gasteiger partial charge in [-0.2, -0.15) is 0 Å². The Labute approximate surface area is 133 Å². The monoisotopic (exact) mass is 321 g/mol. The summed E-state index contributed by atoms with van der Waals surface area (Å²) in [7, 11) is 3.67. The zero-order valence-corrected chi connectivity index (χ0v) is 13.1. The average molecular weight is 321 g/mol. The largest absolute Gasteiger partial charge is 0.469 e. The molecule has 1 aromatic rings. The first-order valence-electron chi connectivity index (χ1n) is 7.09. The van der Waals surface area contributed by atoms with Crippen LogP contribution in [0.2, 0.25) is 0 Å². The van der Waals surface area contributed by atoms with E-state index in [9.17, 15) is 14.4 Å². The summed E-state index contributed by atoms with van der Waals surface area (Å²) in [5.41, 5.74) is 0.767. The van der Waals surface area contributed by atoms with Crippen molar-refractivity contribution in [3.05, 3.63) is 35.9 Å². The van der Waals surface area contributed by atoms with Crippen LogP contribution in [0.5, 0.6) is 0 Å². The lowest BCUT2D eigenvalue weighted by Crippen LogP contribution is -2.42. The van der Waals surface area contributed by atoms with Gasteiger partial charge in [-0.05, 0) is 5.56 Å². The number of carbonyl (C=O) groups is 3. The zero-order chi connectivity index (χ0) is 17.0. The smallest absolute Gasteiger partial charge is 0.323 e. The molecule has 0 saturated carbocycles. The molecule has 1 aliphatic heterocycles. The molecule has 7 heteroatoms. The molecule has 1 N–H and O–H groups in total. The van der Waals surface area contributed by atoms with E-state index in [4.69, 9.17) is 14.2 Å². The van der Waals surface area contributed by atoms with Crippen molar-refractivity contribution in [2.75, 3.05) is 21.3 Å². The van der Waals surface area contributed by atoms with Gasteiger partial charge in [-0.3, -0.25) is 19.7 Å². The van der Waals surface area contributed by atoms with E-state index in [-0.39, 0.29) is 0 Å². The first-order valence-corrected chi connectivity index (χ1v) is 7.09. The highest BCUT2D eigenvalue weighted by Crippen LogP contribution is 2.39. The molecule has 0 spiro atoms. The van der Waals surface area contributed by atoms with Crippen molar-refractivity contribution >= 4 is 17.9 Å². The SMILES string of the molecule is COC(=O)[C@@H]1[C@H](C(=O)OC)[C@H](c2ccccc2)N[C@@H]1C(=O)OC. The van der Waals surface area contributed by atoms with Crippen LogP contribution in [0, 0.1) is 11.8 Å². The van der Waals surface area contributed by atoms with E-state index in [1.54, 1.807) is 0 Å². The molecular formula is C16H19NO6. The lowest BCUT2D eigenvalue weighted by atomic mass is 9.84. The number of nitrogens with one attached hydrogen (secondary N) is 1. The lowest BCUT2D eigenvalue weighted by Gasteiger charge is -2.21.